The molecule has 1 aromatic carbocycles. The number of nitrogens with one attached hydrogen (secondary N) is 5. The molecule has 4 atom stereocenters. The second-order valence-electron chi connectivity index (χ2n) is 7.21. The second-order valence-corrected chi connectivity index (χ2v) is 7.21. The molecule has 0 amide bonds. The number of hydrogen-bond acceptors (Lipinski definition) is 6. The van der Waals surface area contributed by atoms with E-state index in [-0.39, 0.29) is 12.4 Å². The van der Waals surface area contributed by atoms with Gasteiger partial charge in [-0.25, -0.2) is 0 Å². The van der Waals surface area contributed by atoms with Crippen molar-refractivity contribution in [2.45, 2.75) is 50.8 Å². The van der Waals surface area contributed by atoms with Gasteiger partial charge in [0.15, 0.2) is 0 Å². The van der Waals surface area contributed by atoms with Crippen LogP contribution in [-0.4, -0.2) is 32.0 Å². The summed E-state index contributed by atoms with van der Waals surface area (Å²) in [6.45, 7) is 5.25. The van der Waals surface area contributed by atoms with Crippen LogP contribution < -0.4 is 26.7 Å². The van der Waals surface area contributed by atoms with Crippen LogP contribution in [0.5, 0.6) is 0 Å². The minimum absolute atomic E-state index is 0.0946. The van der Waals surface area contributed by atoms with Gasteiger partial charge >= 0.3 is 0 Å². The lowest BCUT2D eigenvalue weighted by Crippen LogP contribution is -2.55. The number of hydroxylamine groups is 1. The molecule has 5 N–H and O–H groups in total. The molecule has 6 nitrogen and oxygen atoms in total. The van der Waals surface area contributed by atoms with Crippen molar-refractivity contribution >= 4 is 0 Å². The van der Waals surface area contributed by atoms with E-state index >= 15 is 0 Å². The van der Waals surface area contributed by atoms with Crippen molar-refractivity contribution in [3.05, 3.63) is 35.4 Å². The van der Waals surface area contributed by atoms with E-state index in [9.17, 15) is 0 Å². The molecule has 1 aliphatic carbocycles. The van der Waals surface area contributed by atoms with Crippen molar-refractivity contribution < 1.29 is 4.84 Å². The van der Waals surface area contributed by atoms with E-state index < -0.39 is 0 Å². The first-order valence-corrected chi connectivity index (χ1v) is 9.27. The van der Waals surface area contributed by atoms with Gasteiger partial charge in [-0.15, -0.1) is 0 Å². The zero-order valence-electron chi connectivity index (χ0n) is 14.3. The van der Waals surface area contributed by atoms with E-state index in [2.05, 4.69) is 57.9 Å². The van der Waals surface area contributed by atoms with Gasteiger partial charge in [0.05, 0.1) is 6.17 Å². The molecule has 24 heavy (non-hydrogen) atoms. The molecule has 1 aromatic rings. The van der Waals surface area contributed by atoms with Gasteiger partial charge in [-0.1, -0.05) is 30.7 Å². The highest BCUT2D eigenvalue weighted by atomic mass is 16.7. The Morgan fingerprint density at radius 2 is 2.00 bits per heavy atom. The number of piperazine rings is 1. The molecule has 132 valence electrons. The summed E-state index contributed by atoms with van der Waals surface area (Å²) < 4.78 is 0. The number of benzene rings is 1. The van der Waals surface area contributed by atoms with Crippen LogP contribution in [0.4, 0.5) is 0 Å². The molecule has 3 aliphatic rings. The van der Waals surface area contributed by atoms with E-state index in [1.165, 1.54) is 30.4 Å². The van der Waals surface area contributed by atoms with Crippen LogP contribution in [-0.2, 0) is 4.84 Å². The van der Waals surface area contributed by atoms with Crippen LogP contribution in [0.1, 0.15) is 49.5 Å². The predicted molar refractivity (Wildman–Crippen MR) is 93.9 cm³/mol. The fourth-order valence-electron chi connectivity index (χ4n) is 3.66. The van der Waals surface area contributed by atoms with Crippen molar-refractivity contribution in [1.82, 2.24) is 26.7 Å². The van der Waals surface area contributed by atoms with Crippen molar-refractivity contribution in [3.63, 3.8) is 0 Å². The molecule has 0 spiro atoms. The van der Waals surface area contributed by atoms with Crippen molar-refractivity contribution in [3.8, 4) is 0 Å². The van der Waals surface area contributed by atoms with Gasteiger partial charge in [-0.2, -0.15) is 5.48 Å². The molecule has 1 saturated carbocycles. The molecule has 2 saturated heterocycles. The highest BCUT2D eigenvalue weighted by molar-refractivity contribution is 5.27. The van der Waals surface area contributed by atoms with Crippen LogP contribution in [0.25, 0.3) is 0 Å². The van der Waals surface area contributed by atoms with Gasteiger partial charge in [-0.3, -0.25) is 20.8 Å². The van der Waals surface area contributed by atoms with Crippen LogP contribution in [0.15, 0.2) is 24.3 Å². The highest BCUT2D eigenvalue weighted by Crippen LogP contribution is 2.33. The average Bonchev–Trinajstić information content (AvgIpc) is 3.04. The Balaban J connectivity index is 1.32. The fraction of sp³-hybridized carbons (Fsp3) is 0.667. The number of rotatable bonds is 5. The molecular formula is C18H29N5O. The molecule has 3 fully saturated rings. The fourth-order valence-corrected chi connectivity index (χ4v) is 3.66. The van der Waals surface area contributed by atoms with Crippen LogP contribution in [0.3, 0.4) is 0 Å². The topological polar surface area (TPSA) is 69.4 Å². The third-order valence-corrected chi connectivity index (χ3v) is 5.48. The van der Waals surface area contributed by atoms with Gasteiger partial charge in [0.1, 0.15) is 12.4 Å². The SMILES string of the molecule is C[C@@H](NC1CNCCN1)c1ccc(C2NOC(C3CCC3)N2)cc1. The largest absolute Gasteiger partial charge is 0.313 e. The smallest absolute Gasteiger partial charge is 0.134 e. The predicted octanol–water partition coefficient (Wildman–Crippen LogP) is 1.11. The summed E-state index contributed by atoms with van der Waals surface area (Å²) in [6.07, 6.45) is 4.48. The van der Waals surface area contributed by atoms with E-state index in [0.29, 0.717) is 18.1 Å². The van der Waals surface area contributed by atoms with Crippen molar-refractivity contribution in [2.24, 2.45) is 5.92 Å². The van der Waals surface area contributed by atoms with Crippen LogP contribution in [0.2, 0.25) is 0 Å². The number of hydrogen-bond donors (Lipinski definition) is 5. The maximum atomic E-state index is 5.71. The lowest BCUT2D eigenvalue weighted by molar-refractivity contribution is -0.0319. The van der Waals surface area contributed by atoms with Gasteiger partial charge in [0.2, 0.25) is 0 Å². The summed E-state index contributed by atoms with van der Waals surface area (Å²) in [5, 5.41) is 14.1. The monoisotopic (exact) mass is 331 g/mol. The average molecular weight is 331 g/mol. The first-order valence-electron chi connectivity index (χ1n) is 9.27. The lowest BCUT2D eigenvalue weighted by atomic mass is 9.84. The van der Waals surface area contributed by atoms with E-state index in [0.717, 1.165) is 19.6 Å². The molecule has 0 aromatic heterocycles. The summed E-state index contributed by atoms with van der Waals surface area (Å²) in [6, 6.07) is 9.13. The Hall–Kier alpha value is -1.02. The molecule has 2 aliphatic heterocycles. The minimum atomic E-state index is 0.0946. The lowest BCUT2D eigenvalue weighted by Gasteiger charge is -2.29. The minimum Gasteiger partial charge on any atom is -0.313 e. The third kappa shape index (κ3) is 3.64. The molecule has 0 bridgehead atoms. The zero-order chi connectivity index (χ0) is 16.4. The van der Waals surface area contributed by atoms with Crippen LogP contribution in [0, 0.1) is 5.92 Å². The van der Waals surface area contributed by atoms with Crippen molar-refractivity contribution in [2.75, 3.05) is 19.6 Å². The van der Waals surface area contributed by atoms with Crippen LogP contribution >= 0.6 is 0 Å². The van der Waals surface area contributed by atoms with E-state index in [1.807, 2.05) is 0 Å². The third-order valence-electron chi connectivity index (χ3n) is 5.48. The molecular weight excluding hydrogens is 302 g/mol. The summed E-state index contributed by atoms with van der Waals surface area (Å²) in [5.74, 6) is 0.669. The van der Waals surface area contributed by atoms with Gasteiger partial charge < -0.3 is 5.32 Å². The maximum Gasteiger partial charge on any atom is 0.134 e. The Morgan fingerprint density at radius 3 is 2.67 bits per heavy atom. The van der Waals surface area contributed by atoms with Crippen molar-refractivity contribution in [1.29, 1.82) is 0 Å². The maximum absolute atomic E-state index is 5.71. The Labute approximate surface area is 144 Å². The summed E-state index contributed by atoms with van der Waals surface area (Å²) in [7, 11) is 0. The molecule has 2 heterocycles. The summed E-state index contributed by atoms with van der Waals surface area (Å²) in [5.41, 5.74) is 5.67. The summed E-state index contributed by atoms with van der Waals surface area (Å²) in [4.78, 5) is 5.71. The first kappa shape index (κ1) is 16.4. The normalized spacial score (nSPS) is 32.5. The zero-order valence-corrected chi connectivity index (χ0v) is 14.3. The van der Waals surface area contributed by atoms with Gasteiger partial charge in [0.25, 0.3) is 0 Å². The molecule has 0 radical (unpaired) electrons. The molecule has 3 unspecified atom stereocenters. The first-order chi connectivity index (χ1) is 11.8. The van der Waals surface area contributed by atoms with Gasteiger partial charge in [-0.05, 0) is 30.9 Å². The molecule has 4 rings (SSSR count). The summed E-state index contributed by atoms with van der Waals surface area (Å²) >= 11 is 0. The Kier molecular flexibility index (Phi) is 5.12. The standard InChI is InChI=1S/C18H29N5O/c1-12(21-16-11-19-9-10-20-16)13-5-7-14(8-6-13)17-22-18(24-23-17)15-3-2-4-15/h5-8,12,15-23H,2-4,9-11H2,1H3/t12-,16?,17?,18?/m1/s1. The Bertz CT molecular complexity index is 527. The van der Waals surface area contributed by atoms with Gasteiger partial charge in [0, 0.05) is 31.6 Å². The Morgan fingerprint density at radius 1 is 1.17 bits per heavy atom. The molecule has 6 heteroatoms. The van der Waals surface area contributed by atoms with E-state index in [1.54, 1.807) is 0 Å². The second kappa shape index (κ2) is 7.47. The van der Waals surface area contributed by atoms with E-state index in [4.69, 9.17) is 4.84 Å². The highest BCUT2D eigenvalue weighted by Gasteiger charge is 2.35. The quantitative estimate of drug-likeness (QED) is 0.557.